The number of fused-ring (bicyclic) bond motifs is 1. The standard InChI is InChI=1S/C30H27Br2F3N2O4.C2H6.CH4O/c1-37-25(17-4-2-3-5-20(10-17)30(33,34)35)14-24(23-7-6-18(16-38)28(40)15-26(23)37)27(39)8-9-36-29(41)19-11-21(31)13-22(32)12-19;2*1-2/h2-5,7,11-13,15-16,24-25,38H,6,8-10,14H2,1H3,(H,36,41);1-2H3;2H,1H3/b18-16+;;. The third-order valence-electron chi connectivity index (χ3n) is 7.34. The molecule has 3 aliphatic rings. The topological polar surface area (TPSA) is 107 Å². The van der Waals surface area contributed by atoms with Gasteiger partial charge in [-0.1, -0.05) is 76.1 Å². The summed E-state index contributed by atoms with van der Waals surface area (Å²) in [5.74, 6) is -1.74. The zero-order chi connectivity index (χ0) is 33.9. The fourth-order valence-corrected chi connectivity index (χ4v) is 6.52. The first kappa shape index (κ1) is 38.0. The third-order valence-corrected chi connectivity index (χ3v) is 8.25. The highest BCUT2D eigenvalue weighted by Crippen LogP contribution is 2.43. The van der Waals surface area contributed by atoms with E-state index in [9.17, 15) is 32.7 Å². The summed E-state index contributed by atoms with van der Waals surface area (Å²) in [4.78, 5) is 40.8. The monoisotopic (exact) mass is 756 g/mol. The van der Waals surface area contributed by atoms with Gasteiger partial charge in [0.2, 0.25) is 0 Å². The Morgan fingerprint density at radius 1 is 1.09 bits per heavy atom. The quantitative estimate of drug-likeness (QED) is 0.206. The summed E-state index contributed by atoms with van der Waals surface area (Å²) in [7, 11) is 2.69. The maximum atomic E-state index is 13.7. The largest absolute Gasteiger partial charge is 0.515 e. The molecule has 1 aliphatic heterocycles. The molecule has 0 aromatic heterocycles. The molecule has 1 aromatic rings. The summed E-state index contributed by atoms with van der Waals surface area (Å²) in [6, 6.07) is 4.50. The van der Waals surface area contributed by atoms with Crippen LogP contribution >= 0.6 is 31.9 Å². The van der Waals surface area contributed by atoms with Crippen molar-refractivity contribution in [1.29, 1.82) is 0 Å². The number of carbonyl (C=O) groups excluding carboxylic acids is 3. The number of likely N-dealkylation sites (tertiary alicyclic amines) is 1. The van der Waals surface area contributed by atoms with Crippen molar-refractivity contribution in [1.82, 2.24) is 10.2 Å². The van der Waals surface area contributed by atoms with E-state index in [0.717, 1.165) is 19.4 Å². The number of piperidine rings is 1. The molecule has 0 spiro atoms. The van der Waals surface area contributed by atoms with Crippen molar-refractivity contribution in [2.75, 3.05) is 20.7 Å². The average Bonchev–Trinajstić information content (AvgIpc) is 3.36. The summed E-state index contributed by atoms with van der Waals surface area (Å²) < 4.78 is 42.4. The lowest BCUT2D eigenvalue weighted by Crippen LogP contribution is -2.44. The lowest BCUT2D eigenvalue weighted by atomic mass is 9.77. The van der Waals surface area contributed by atoms with Crippen molar-refractivity contribution in [3.05, 3.63) is 103 Å². The summed E-state index contributed by atoms with van der Waals surface area (Å²) in [5.41, 5.74) is 1.31. The molecule has 1 fully saturated rings. The fourth-order valence-electron chi connectivity index (χ4n) is 5.22. The lowest BCUT2D eigenvalue weighted by Gasteiger charge is -2.43. The van der Waals surface area contributed by atoms with Crippen LogP contribution in [0.5, 0.6) is 0 Å². The number of carbonyl (C=O) groups is 3. The number of aliphatic hydroxyl groups is 2. The van der Waals surface area contributed by atoms with E-state index in [1.165, 1.54) is 12.2 Å². The van der Waals surface area contributed by atoms with Crippen molar-refractivity contribution in [2.45, 2.75) is 51.7 Å². The highest BCUT2D eigenvalue weighted by atomic mass is 79.9. The molecule has 1 heterocycles. The normalized spacial score (nSPS) is 20.4. The number of allylic oxidation sites excluding steroid dienone is 9. The van der Waals surface area contributed by atoms with Crippen LogP contribution in [0.1, 0.15) is 49.9 Å². The molecule has 0 saturated carbocycles. The van der Waals surface area contributed by atoms with Gasteiger partial charge in [-0.15, -0.1) is 0 Å². The maximum absolute atomic E-state index is 13.7. The Morgan fingerprint density at radius 3 is 2.31 bits per heavy atom. The molecule has 12 heteroatoms. The number of ketones is 2. The molecule has 3 N–H and O–H groups in total. The minimum atomic E-state index is -4.51. The number of benzene rings is 1. The molecule has 1 saturated heterocycles. The van der Waals surface area contributed by atoms with Crippen molar-refractivity contribution >= 4 is 49.3 Å². The second kappa shape index (κ2) is 17.5. The van der Waals surface area contributed by atoms with Gasteiger partial charge in [0, 0.05) is 76.9 Å². The first-order valence-corrected chi connectivity index (χ1v) is 15.9. The van der Waals surface area contributed by atoms with E-state index in [0.29, 0.717) is 31.4 Å². The van der Waals surface area contributed by atoms with Gasteiger partial charge in [-0.25, -0.2) is 0 Å². The van der Waals surface area contributed by atoms with E-state index >= 15 is 0 Å². The van der Waals surface area contributed by atoms with Gasteiger partial charge in [-0.2, -0.15) is 13.2 Å². The fraction of sp³-hybridized carbons (Fsp3) is 0.364. The Kier molecular flexibility index (Phi) is 14.7. The molecule has 0 bridgehead atoms. The minimum absolute atomic E-state index is 0.0179. The SMILES string of the molecule is CC.CN1C2=CC(=O)/C(=C/O)CC=C2C(C(=O)CCNC(=O)c2cc(Br)cc(Br)c2)CC1C1=CC=CC=C(C(F)(F)F)C1.CO. The Bertz CT molecular complexity index is 1440. The second-order valence-electron chi connectivity index (χ2n) is 9.95. The van der Waals surface area contributed by atoms with Gasteiger partial charge in [0.1, 0.15) is 5.78 Å². The van der Waals surface area contributed by atoms with E-state index in [1.54, 1.807) is 48.4 Å². The van der Waals surface area contributed by atoms with Gasteiger partial charge in [0.15, 0.2) is 5.78 Å². The predicted octanol–water partition coefficient (Wildman–Crippen LogP) is 7.46. The molecular weight excluding hydrogens is 721 g/mol. The molecule has 0 radical (unpaired) electrons. The molecule has 244 valence electrons. The number of alkyl halides is 3. The summed E-state index contributed by atoms with van der Waals surface area (Å²) in [6.45, 7) is 4.05. The van der Waals surface area contributed by atoms with E-state index in [-0.39, 0.29) is 49.5 Å². The van der Waals surface area contributed by atoms with Crippen LogP contribution in [-0.4, -0.2) is 65.5 Å². The number of nitrogens with zero attached hydrogens (tertiary/aromatic N) is 1. The van der Waals surface area contributed by atoms with Gasteiger partial charge < -0.3 is 20.4 Å². The zero-order valence-corrected chi connectivity index (χ0v) is 28.6. The minimum Gasteiger partial charge on any atom is -0.515 e. The molecule has 7 nitrogen and oxygen atoms in total. The lowest BCUT2D eigenvalue weighted by molar-refractivity contribution is -0.122. The van der Waals surface area contributed by atoms with Crippen LogP contribution in [-0.2, 0) is 9.59 Å². The Balaban J connectivity index is 0.00000169. The van der Waals surface area contributed by atoms with Gasteiger partial charge in [-0.3, -0.25) is 14.4 Å². The summed E-state index contributed by atoms with van der Waals surface area (Å²) in [5, 5.41) is 19.3. The van der Waals surface area contributed by atoms with Crippen LogP contribution < -0.4 is 5.32 Å². The molecule has 2 aliphatic carbocycles. The van der Waals surface area contributed by atoms with Crippen molar-refractivity contribution in [2.24, 2.45) is 5.92 Å². The van der Waals surface area contributed by atoms with Crippen molar-refractivity contribution in [3.8, 4) is 0 Å². The number of rotatable bonds is 6. The van der Waals surface area contributed by atoms with E-state index < -0.39 is 29.5 Å². The van der Waals surface area contributed by atoms with Crippen molar-refractivity contribution < 1.29 is 37.8 Å². The number of aliphatic hydroxyl groups excluding tert-OH is 2. The smallest absolute Gasteiger partial charge is 0.413 e. The van der Waals surface area contributed by atoms with Gasteiger partial charge in [0.25, 0.3) is 5.91 Å². The average molecular weight is 758 g/mol. The van der Waals surface area contributed by atoms with Gasteiger partial charge in [-0.05, 0) is 42.2 Å². The Morgan fingerprint density at radius 2 is 1.71 bits per heavy atom. The molecule has 4 rings (SSSR count). The van der Waals surface area contributed by atoms with E-state index in [1.807, 2.05) is 13.8 Å². The third kappa shape index (κ3) is 9.88. The van der Waals surface area contributed by atoms with E-state index in [2.05, 4.69) is 37.2 Å². The Labute approximate surface area is 278 Å². The second-order valence-corrected chi connectivity index (χ2v) is 11.8. The molecule has 1 aromatic carbocycles. The number of nitrogens with one attached hydrogen (secondary N) is 1. The zero-order valence-electron chi connectivity index (χ0n) is 25.4. The summed E-state index contributed by atoms with van der Waals surface area (Å²) >= 11 is 6.68. The first-order valence-electron chi connectivity index (χ1n) is 14.3. The van der Waals surface area contributed by atoms with Gasteiger partial charge in [0.05, 0.1) is 12.3 Å². The van der Waals surface area contributed by atoms with Crippen LogP contribution in [0.4, 0.5) is 13.2 Å². The van der Waals surface area contributed by atoms with Crippen LogP contribution in [0.3, 0.4) is 0 Å². The van der Waals surface area contributed by atoms with Gasteiger partial charge >= 0.3 is 6.18 Å². The predicted molar refractivity (Wildman–Crippen MR) is 175 cm³/mol. The van der Waals surface area contributed by atoms with Crippen LogP contribution in [0.25, 0.3) is 0 Å². The highest BCUT2D eigenvalue weighted by molar-refractivity contribution is 9.11. The molecular formula is C33H37Br2F3N2O5. The van der Waals surface area contributed by atoms with Crippen LogP contribution in [0.2, 0.25) is 0 Å². The van der Waals surface area contributed by atoms with E-state index in [4.69, 9.17) is 5.11 Å². The molecule has 2 unspecified atom stereocenters. The number of hydrogen-bond acceptors (Lipinski definition) is 6. The Hall–Kier alpha value is -3.22. The van der Waals surface area contributed by atoms with Crippen LogP contribution in [0.15, 0.2) is 97.9 Å². The number of amides is 1. The maximum Gasteiger partial charge on any atom is 0.413 e. The number of Topliss-reactive ketones (excluding diaryl/α,β-unsaturated/α-hetero) is 1. The number of halogens is 5. The number of likely N-dealkylation sites (N-methyl/N-ethyl adjacent to an activating group) is 1. The molecule has 2 atom stereocenters. The number of hydrogen-bond donors (Lipinski definition) is 3. The molecule has 45 heavy (non-hydrogen) atoms. The molecule has 1 amide bonds. The summed E-state index contributed by atoms with van der Waals surface area (Å²) in [6.07, 6.45) is 4.74. The highest BCUT2D eigenvalue weighted by Gasteiger charge is 2.41. The van der Waals surface area contributed by atoms with Crippen LogP contribution in [0, 0.1) is 5.92 Å². The van der Waals surface area contributed by atoms with Crippen molar-refractivity contribution in [3.63, 3.8) is 0 Å². The first-order chi connectivity index (χ1) is 21.4.